The Hall–Kier alpha value is -0.870. The van der Waals surface area contributed by atoms with Crippen molar-refractivity contribution in [3.63, 3.8) is 0 Å². The summed E-state index contributed by atoms with van der Waals surface area (Å²) in [6.45, 7) is 0.835. The fourth-order valence-corrected chi connectivity index (χ4v) is 2.43. The molecule has 1 heterocycles. The van der Waals surface area contributed by atoms with Gasteiger partial charge in [-0.3, -0.25) is 0 Å². The zero-order valence-electron chi connectivity index (χ0n) is 10.1. The first kappa shape index (κ1) is 13.6. The highest BCUT2D eigenvalue weighted by Gasteiger charge is 2.05. The molecule has 0 fully saturated rings. The van der Waals surface area contributed by atoms with Crippen molar-refractivity contribution in [3.8, 4) is 0 Å². The second-order valence-electron chi connectivity index (χ2n) is 4.11. The SMILES string of the molecule is CN(Cc1ccccc1Br)c1ccc(CBr)cn1. The van der Waals surface area contributed by atoms with Gasteiger partial charge in [0, 0.05) is 29.6 Å². The van der Waals surface area contributed by atoms with Crippen LogP contribution in [0.3, 0.4) is 0 Å². The smallest absolute Gasteiger partial charge is 0.128 e. The molecule has 0 spiro atoms. The molecule has 2 aromatic rings. The van der Waals surface area contributed by atoms with Crippen LogP contribution in [-0.4, -0.2) is 12.0 Å². The molecule has 94 valence electrons. The highest BCUT2D eigenvalue weighted by Crippen LogP contribution is 2.20. The third-order valence-electron chi connectivity index (χ3n) is 2.72. The van der Waals surface area contributed by atoms with E-state index in [1.165, 1.54) is 11.1 Å². The molecule has 1 aromatic carbocycles. The molecule has 2 rings (SSSR count). The van der Waals surface area contributed by atoms with E-state index in [1.54, 1.807) is 0 Å². The zero-order chi connectivity index (χ0) is 13.0. The molecule has 0 aliphatic rings. The number of nitrogens with zero attached hydrogens (tertiary/aromatic N) is 2. The van der Waals surface area contributed by atoms with Gasteiger partial charge in [0.1, 0.15) is 5.82 Å². The Morgan fingerprint density at radius 1 is 1.17 bits per heavy atom. The standard InChI is InChI=1S/C14H14Br2N2/c1-18(10-12-4-2-3-5-13(12)16)14-7-6-11(8-15)9-17-14/h2-7,9H,8,10H2,1H3. The Balaban J connectivity index is 2.11. The van der Waals surface area contributed by atoms with Crippen LogP contribution >= 0.6 is 31.9 Å². The molecule has 4 heteroatoms. The van der Waals surface area contributed by atoms with Crippen LogP contribution in [0.15, 0.2) is 47.1 Å². The van der Waals surface area contributed by atoms with E-state index in [9.17, 15) is 0 Å². The van der Waals surface area contributed by atoms with E-state index >= 15 is 0 Å². The van der Waals surface area contributed by atoms with Gasteiger partial charge in [-0.1, -0.05) is 56.1 Å². The molecule has 0 unspecified atom stereocenters. The molecule has 0 N–H and O–H groups in total. The summed E-state index contributed by atoms with van der Waals surface area (Å²) in [7, 11) is 2.05. The molecule has 0 saturated carbocycles. The van der Waals surface area contributed by atoms with Crippen molar-refractivity contribution in [3.05, 3.63) is 58.2 Å². The molecule has 0 bridgehead atoms. The summed E-state index contributed by atoms with van der Waals surface area (Å²) in [5.41, 5.74) is 2.44. The van der Waals surface area contributed by atoms with Gasteiger partial charge in [-0.05, 0) is 23.3 Å². The maximum Gasteiger partial charge on any atom is 0.128 e. The average molecular weight is 370 g/mol. The maximum absolute atomic E-state index is 4.46. The average Bonchev–Trinajstić information content (AvgIpc) is 2.41. The molecule has 18 heavy (non-hydrogen) atoms. The fraction of sp³-hybridized carbons (Fsp3) is 0.214. The van der Waals surface area contributed by atoms with Gasteiger partial charge in [0.25, 0.3) is 0 Å². The van der Waals surface area contributed by atoms with E-state index in [0.29, 0.717) is 0 Å². The Morgan fingerprint density at radius 3 is 2.56 bits per heavy atom. The van der Waals surface area contributed by atoms with Crippen LogP contribution in [-0.2, 0) is 11.9 Å². The predicted molar refractivity (Wildman–Crippen MR) is 83.1 cm³/mol. The molecular formula is C14H14Br2N2. The number of hydrogen-bond donors (Lipinski definition) is 0. The second-order valence-corrected chi connectivity index (χ2v) is 5.52. The largest absolute Gasteiger partial charge is 0.355 e. The Kier molecular flexibility index (Phi) is 4.78. The van der Waals surface area contributed by atoms with Gasteiger partial charge in [0.05, 0.1) is 0 Å². The highest BCUT2D eigenvalue weighted by molar-refractivity contribution is 9.10. The third kappa shape index (κ3) is 3.33. The molecule has 0 saturated heterocycles. The van der Waals surface area contributed by atoms with Gasteiger partial charge in [-0.2, -0.15) is 0 Å². The lowest BCUT2D eigenvalue weighted by molar-refractivity contribution is 0.892. The topological polar surface area (TPSA) is 16.1 Å². The molecule has 0 atom stereocenters. The van der Waals surface area contributed by atoms with E-state index in [-0.39, 0.29) is 0 Å². The lowest BCUT2D eigenvalue weighted by Gasteiger charge is -2.19. The van der Waals surface area contributed by atoms with Crippen molar-refractivity contribution in [2.75, 3.05) is 11.9 Å². The lowest BCUT2D eigenvalue weighted by Crippen LogP contribution is -2.17. The quantitative estimate of drug-likeness (QED) is 0.743. The number of pyridine rings is 1. The van der Waals surface area contributed by atoms with Gasteiger partial charge >= 0.3 is 0 Å². The van der Waals surface area contributed by atoms with Crippen molar-refractivity contribution in [2.45, 2.75) is 11.9 Å². The number of rotatable bonds is 4. The van der Waals surface area contributed by atoms with Crippen LogP contribution in [0, 0.1) is 0 Å². The van der Waals surface area contributed by atoms with Crippen molar-refractivity contribution in [1.82, 2.24) is 4.98 Å². The van der Waals surface area contributed by atoms with Crippen LogP contribution in [0.4, 0.5) is 5.82 Å². The van der Waals surface area contributed by atoms with Gasteiger partial charge in [-0.25, -0.2) is 4.98 Å². The lowest BCUT2D eigenvalue weighted by atomic mass is 10.2. The van der Waals surface area contributed by atoms with Crippen LogP contribution in [0.25, 0.3) is 0 Å². The van der Waals surface area contributed by atoms with E-state index in [0.717, 1.165) is 22.2 Å². The van der Waals surface area contributed by atoms with Crippen molar-refractivity contribution < 1.29 is 0 Å². The van der Waals surface area contributed by atoms with Crippen molar-refractivity contribution in [2.24, 2.45) is 0 Å². The molecule has 0 aliphatic heterocycles. The number of aromatic nitrogens is 1. The zero-order valence-corrected chi connectivity index (χ0v) is 13.3. The molecular weight excluding hydrogens is 356 g/mol. The summed E-state index contributed by atoms with van der Waals surface area (Å²) in [6.07, 6.45) is 1.90. The van der Waals surface area contributed by atoms with E-state index in [4.69, 9.17) is 0 Å². The molecule has 0 amide bonds. The second kappa shape index (κ2) is 6.34. The summed E-state index contributed by atoms with van der Waals surface area (Å²) in [6, 6.07) is 12.4. The minimum absolute atomic E-state index is 0.835. The first-order valence-electron chi connectivity index (χ1n) is 5.66. The normalized spacial score (nSPS) is 10.4. The minimum Gasteiger partial charge on any atom is -0.355 e. The molecule has 2 nitrogen and oxygen atoms in total. The summed E-state index contributed by atoms with van der Waals surface area (Å²) in [5, 5.41) is 0.841. The Labute approximate surface area is 124 Å². The summed E-state index contributed by atoms with van der Waals surface area (Å²) in [4.78, 5) is 6.59. The Morgan fingerprint density at radius 2 is 1.94 bits per heavy atom. The maximum atomic E-state index is 4.46. The van der Waals surface area contributed by atoms with E-state index < -0.39 is 0 Å². The molecule has 0 radical (unpaired) electrons. The van der Waals surface area contributed by atoms with Crippen LogP contribution < -0.4 is 4.90 Å². The summed E-state index contributed by atoms with van der Waals surface area (Å²) < 4.78 is 1.13. The van der Waals surface area contributed by atoms with Crippen molar-refractivity contribution in [1.29, 1.82) is 0 Å². The number of anilines is 1. The van der Waals surface area contributed by atoms with Gasteiger partial charge < -0.3 is 4.90 Å². The number of halogens is 2. The third-order valence-corrected chi connectivity index (χ3v) is 4.14. The first-order chi connectivity index (χ1) is 8.70. The monoisotopic (exact) mass is 368 g/mol. The summed E-state index contributed by atoms with van der Waals surface area (Å²) >= 11 is 6.99. The van der Waals surface area contributed by atoms with E-state index in [2.05, 4.69) is 73.1 Å². The summed E-state index contributed by atoms with van der Waals surface area (Å²) in [5.74, 6) is 0.982. The van der Waals surface area contributed by atoms with Crippen LogP contribution in [0.1, 0.15) is 11.1 Å². The van der Waals surface area contributed by atoms with Crippen molar-refractivity contribution >= 4 is 37.7 Å². The first-order valence-corrected chi connectivity index (χ1v) is 7.57. The van der Waals surface area contributed by atoms with Crippen LogP contribution in [0.5, 0.6) is 0 Å². The predicted octanol–water partition coefficient (Wildman–Crippen LogP) is 4.38. The van der Waals surface area contributed by atoms with E-state index in [1.807, 2.05) is 18.3 Å². The van der Waals surface area contributed by atoms with Crippen LogP contribution in [0.2, 0.25) is 0 Å². The highest BCUT2D eigenvalue weighted by atomic mass is 79.9. The minimum atomic E-state index is 0.835. The number of benzene rings is 1. The number of alkyl halides is 1. The van der Waals surface area contributed by atoms with Gasteiger partial charge in [0.15, 0.2) is 0 Å². The van der Waals surface area contributed by atoms with Gasteiger partial charge in [0.2, 0.25) is 0 Å². The fourth-order valence-electron chi connectivity index (χ4n) is 1.68. The Bertz CT molecular complexity index is 511. The van der Waals surface area contributed by atoms with Gasteiger partial charge in [-0.15, -0.1) is 0 Å². The molecule has 1 aromatic heterocycles. The molecule has 0 aliphatic carbocycles. The number of hydrogen-bond acceptors (Lipinski definition) is 2.